The zero-order valence-corrected chi connectivity index (χ0v) is 13.1. The Morgan fingerprint density at radius 3 is 2.88 bits per heavy atom. The summed E-state index contributed by atoms with van der Waals surface area (Å²) < 4.78 is 19.0. The second-order valence-electron chi connectivity index (χ2n) is 5.62. The third-order valence-corrected chi connectivity index (χ3v) is 3.77. The number of carbonyl (C=O) groups excluding carboxylic acids is 2. The number of anilines is 1. The molecule has 0 saturated carbocycles. The first-order valence-corrected chi connectivity index (χ1v) is 7.63. The molecular formula is C18H17FN2O3. The van der Waals surface area contributed by atoms with E-state index in [1.54, 1.807) is 37.3 Å². The Kier molecular flexibility index (Phi) is 4.46. The minimum absolute atomic E-state index is 0.0189. The number of rotatable bonds is 4. The van der Waals surface area contributed by atoms with Crippen molar-refractivity contribution in [3.05, 3.63) is 59.4 Å². The fourth-order valence-corrected chi connectivity index (χ4v) is 2.44. The van der Waals surface area contributed by atoms with E-state index in [0.717, 1.165) is 5.56 Å². The van der Waals surface area contributed by atoms with Gasteiger partial charge >= 0.3 is 0 Å². The molecule has 1 aliphatic rings. The highest BCUT2D eigenvalue weighted by molar-refractivity contribution is 5.97. The summed E-state index contributed by atoms with van der Waals surface area (Å²) in [7, 11) is 0. The van der Waals surface area contributed by atoms with Crippen molar-refractivity contribution in [2.24, 2.45) is 0 Å². The Morgan fingerprint density at radius 2 is 2.08 bits per heavy atom. The lowest BCUT2D eigenvalue weighted by atomic mass is 10.1. The highest BCUT2D eigenvalue weighted by Gasteiger charge is 2.23. The minimum Gasteiger partial charge on any atom is -0.479 e. The largest absolute Gasteiger partial charge is 0.479 e. The number of nitrogens with one attached hydrogen (secondary N) is 2. The molecule has 1 heterocycles. The van der Waals surface area contributed by atoms with Gasteiger partial charge in [-0.2, -0.15) is 0 Å². The van der Waals surface area contributed by atoms with E-state index in [0.29, 0.717) is 17.0 Å². The highest BCUT2D eigenvalue weighted by atomic mass is 19.1. The highest BCUT2D eigenvalue weighted by Crippen LogP contribution is 2.30. The van der Waals surface area contributed by atoms with Gasteiger partial charge in [0.25, 0.3) is 5.91 Å². The van der Waals surface area contributed by atoms with Gasteiger partial charge in [0.2, 0.25) is 5.91 Å². The summed E-state index contributed by atoms with van der Waals surface area (Å²) in [5.74, 6) is -0.270. The summed E-state index contributed by atoms with van der Waals surface area (Å²) in [4.78, 5) is 23.6. The average Bonchev–Trinajstić information content (AvgIpc) is 2.56. The van der Waals surface area contributed by atoms with E-state index in [9.17, 15) is 14.0 Å². The number of amides is 2. The van der Waals surface area contributed by atoms with Crippen LogP contribution in [0.3, 0.4) is 0 Å². The monoisotopic (exact) mass is 328 g/mol. The van der Waals surface area contributed by atoms with Crippen LogP contribution in [0.5, 0.6) is 5.75 Å². The Morgan fingerprint density at radius 1 is 1.29 bits per heavy atom. The van der Waals surface area contributed by atoms with Crippen LogP contribution >= 0.6 is 0 Å². The van der Waals surface area contributed by atoms with E-state index < -0.39 is 11.9 Å². The van der Waals surface area contributed by atoms with Crippen LogP contribution in [0.2, 0.25) is 0 Å². The molecule has 24 heavy (non-hydrogen) atoms. The number of halogens is 1. The quantitative estimate of drug-likeness (QED) is 0.906. The maximum atomic E-state index is 13.5. The first kappa shape index (κ1) is 16.0. The van der Waals surface area contributed by atoms with Crippen LogP contribution in [-0.2, 0) is 22.6 Å². The normalized spacial score (nSPS) is 15.9. The summed E-state index contributed by atoms with van der Waals surface area (Å²) in [5, 5.41) is 5.50. The number of benzene rings is 2. The van der Waals surface area contributed by atoms with Crippen molar-refractivity contribution in [2.45, 2.75) is 26.0 Å². The molecule has 124 valence electrons. The van der Waals surface area contributed by atoms with Gasteiger partial charge in [-0.05, 0) is 36.2 Å². The number of hydrogen-bond donors (Lipinski definition) is 2. The molecule has 0 fully saturated rings. The number of ether oxygens (including phenoxy) is 1. The molecule has 0 spiro atoms. The molecule has 2 aromatic rings. The van der Waals surface area contributed by atoms with Crippen LogP contribution in [0.4, 0.5) is 10.1 Å². The minimum atomic E-state index is -0.524. The van der Waals surface area contributed by atoms with Crippen LogP contribution in [0.1, 0.15) is 18.1 Å². The van der Waals surface area contributed by atoms with E-state index >= 15 is 0 Å². The summed E-state index contributed by atoms with van der Waals surface area (Å²) in [6.45, 7) is 1.96. The van der Waals surface area contributed by atoms with Crippen molar-refractivity contribution in [3.63, 3.8) is 0 Å². The molecule has 0 radical (unpaired) electrons. The molecule has 1 unspecified atom stereocenters. The maximum Gasteiger partial charge on any atom is 0.265 e. The van der Waals surface area contributed by atoms with Gasteiger partial charge < -0.3 is 15.4 Å². The van der Waals surface area contributed by atoms with E-state index in [-0.39, 0.29) is 24.8 Å². The molecule has 3 rings (SSSR count). The van der Waals surface area contributed by atoms with Crippen LogP contribution in [0.15, 0.2) is 42.5 Å². The predicted molar refractivity (Wildman–Crippen MR) is 87.1 cm³/mol. The molecule has 0 aliphatic carbocycles. The fraction of sp³-hybridized carbons (Fsp3) is 0.222. The van der Waals surface area contributed by atoms with Crippen LogP contribution in [-0.4, -0.2) is 17.9 Å². The Labute approximate surface area is 138 Å². The molecule has 0 bridgehead atoms. The Balaban J connectivity index is 1.61. The average molecular weight is 328 g/mol. The summed E-state index contributed by atoms with van der Waals surface area (Å²) in [6, 6.07) is 11.5. The molecule has 6 heteroatoms. The second kappa shape index (κ2) is 6.70. The number of carbonyl (C=O) groups is 2. The van der Waals surface area contributed by atoms with Gasteiger partial charge in [-0.25, -0.2) is 4.39 Å². The summed E-state index contributed by atoms with van der Waals surface area (Å²) in [5.41, 5.74) is 1.75. The standard InChI is InChI=1S/C18H17FN2O3/c1-11-18(23)21-15-8-12(6-7-16(15)24-11)10-20-17(22)9-13-4-2-3-5-14(13)19/h2-8,11H,9-10H2,1H3,(H,20,22)(H,21,23). The van der Waals surface area contributed by atoms with Gasteiger partial charge in [0.1, 0.15) is 11.6 Å². The molecule has 2 aromatic carbocycles. The van der Waals surface area contributed by atoms with Crippen LogP contribution < -0.4 is 15.4 Å². The SMILES string of the molecule is CC1Oc2ccc(CNC(=O)Cc3ccccc3F)cc2NC1=O. The third-order valence-electron chi connectivity index (χ3n) is 3.77. The second-order valence-corrected chi connectivity index (χ2v) is 5.62. The van der Waals surface area contributed by atoms with Crippen molar-refractivity contribution >= 4 is 17.5 Å². The van der Waals surface area contributed by atoms with Crippen molar-refractivity contribution in [3.8, 4) is 5.75 Å². The summed E-state index contributed by atoms with van der Waals surface area (Å²) in [6.07, 6.45) is -0.543. The fourth-order valence-electron chi connectivity index (χ4n) is 2.44. The van der Waals surface area contributed by atoms with Crippen molar-refractivity contribution in [2.75, 3.05) is 5.32 Å². The zero-order valence-electron chi connectivity index (χ0n) is 13.1. The molecule has 5 nitrogen and oxygen atoms in total. The Bertz CT molecular complexity index is 792. The number of fused-ring (bicyclic) bond motifs is 1. The third kappa shape index (κ3) is 3.53. The maximum absolute atomic E-state index is 13.5. The van der Waals surface area contributed by atoms with Gasteiger partial charge in [0.05, 0.1) is 12.1 Å². The van der Waals surface area contributed by atoms with E-state index in [2.05, 4.69) is 10.6 Å². The van der Waals surface area contributed by atoms with Crippen molar-refractivity contribution in [1.29, 1.82) is 0 Å². The van der Waals surface area contributed by atoms with E-state index in [4.69, 9.17) is 4.74 Å². The lowest BCUT2D eigenvalue weighted by Crippen LogP contribution is -2.34. The smallest absolute Gasteiger partial charge is 0.265 e. The molecule has 1 atom stereocenters. The predicted octanol–water partition coefficient (Wildman–Crippen LogP) is 2.40. The van der Waals surface area contributed by atoms with Gasteiger partial charge in [0, 0.05) is 6.54 Å². The molecule has 0 aromatic heterocycles. The topological polar surface area (TPSA) is 67.4 Å². The van der Waals surface area contributed by atoms with Crippen LogP contribution in [0.25, 0.3) is 0 Å². The molecular weight excluding hydrogens is 311 g/mol. The van der Waals surface area contributed by atoms with E-state index in [1.165, 1.54) is 6.07 Å². The van der Waals surface area contributed by atoms with E-state index in [1.807, 2.05) is 6.07 Å². The lowest BCUT2D eigenvalue weighted by Gasteiger charge is -2.23. The molecule has 0 saturated heterocycles. The van der Waals surface area contributed by atoms with Crippen molar-refractivity contribution < 1.29 is 18.7 Å². The van der Waals surface area contributed by atoms with Gasteiger partial charge in [0.15, 0.2) is 6.10 Å². The van der Waals surface area contributed by atoms with Gasteiger partial charge in [-0.3, -0.25) is 9.59 Å². The molecule has 1 aliphatic heterocycles. The van der Waals surface area contributed by atoms with Gasteiger partial charge in [-0.1, -0.05) is 24.3 Å². The Hall–Kier alpha value is -2.89. The van der Waals surface area contributed by atoms with Gasteiger partial charge in [-0.15, -0.1) is 0 Å². The van der Waals surface area contributed by atoms with Crippen LogP contribution in [0, 0.1) is 5.82 Å². The number of hydrogen-bond acceptors (Lipinski definition) is 3. The van der Waals surface area contributed by atoms with Crippen molar-refractivity contribution in [1.82, 2.24) is 5.32 Å². The lowest BCUT2D eigenvalue weighted by molar-refractivity contribution is -0.123. The molecule has 2 amide bonds. The zero-order chi connectivity index (χ0) is 17.1. The first-order valence-electron chi connectivity index (χ1n) is 7.63. The molecule has 2 N–H and O–H groups in total. The summed E-state index contributed by atoms with van der Waals surface area (Å²) >= 11 is 0. The first-order chi connectivity index (χ1) is 11.5.